The highest BCUT2D eigenvalue weighted by molar-refractivity contribution is 4.68. The number of hydrogen-bond acceptors (Lipinski definition) is 3. The van der Waals surface area contributed by atoms with E-state index in [4.69, 9.17) is 0 Å². The van der Waals surface area contributed by atoms with Gasteiger partial charge in [0.25, 0.3) is 0 Å². The highest BCUT2D eigenvalue weighted by Gasteiger charge is 2.01. The van der Waals surface area contributed by atoms with Crippen molar-refractivity contribution >= 4 is 0 Å². The molecule has 0 bridgehead atoms. The first-order valence-electron chi connectivity index (χ1n) is 4.58. The molecule has 0 atom stereocenters. The van der Waals surface area contributed by atoms with Crippen LogP contribution in [0.3, 0.4) is 0 Å². The number of nitrogens with one attached hydrogen (secondary N) is 2. The second-order valence-corrected chi connectivity index (χ2v) is 3.05. The molecule has 0 aliphatic carbocycles. The summed E-state index contributed by atoms with van der Waals surface area (Å²) in [7, 11) is 0. The molecule has 0 amide bonds. The molecule has 1 rings (SSSR count). The van der Waals surface area contributed by atoms with E-state index in [1.165, 1.54) is 0 Å². The van der Waals surface area contributed by atoms with Gasteiger partial charge in [-0.3, -0.25) is 9.97 Å². The minimum Gasteiger partial charge on any atom is -0.259 e. The summed E-state index contributed by atoms with van der Waals surface area (Å²) in [4.78, 5) is 37.0. The zero-order valence-corrected chi connectivity index (χ0v) is 8.00. The largest absolute Gasteiger partial charge is 0.333 e. The molecule has 6 nitrogen and oxygen atoms in total. The van der Waals surface area contributed by atoms with Crippen molar-refractivity contribution in [3.05, 3.63) is 31.5 Å². The van der Waals surface area contributed by atoms with E-state index in [9.17, 15) is 14.4 Å². The summed E-state index contributed by atoms with van der Waals surface area (Å²) in [5.74, 6) is 0. The number of H-pyrrole nitrogens is 2. The Kier molecular flexibility index (Phi) is 3.44. The summed E-state index contributed by atoms with van der Waals surface area (Å²) in [5.41, 5.74) is -2.04. The average molecular weight is 199 g/mol. The highest BCUT2D eigenvalue weighted by Crippen LogP contribution is 1.93. The third kappa shape index (κ3) is 2.45. The Morgan fingerprint density at radius 3 is 2.14 bits per heavy atom. The number of unbranched alkanes of at least 4 members (excludes halogenated alkanes) is 2. The Balaban J connectivity index is 2.93. The first-order chi connectivity index (χ1) is 6.65. The molecule has 78 valence electrons. The molecule has 0 radical (unpaired) electrons. The first kappa shape index (κ1) is 10.5. The Bertz CT molecular complexity index is 420. The summed E-state index contributed by atoms with van der Waals surface area (Å²) >= 11 is 0. The lowest BCUT2D eigenvalue weighted by Crippen LogP contribution is -2.43. The molecular formula is C8H13N3O3. The molecule has 6 heteroatoms. The number of rotatable bonds is 4. The predicted molar refractivity (Wildman–Crippen MR) is 51.5 cm³/mol. The van der Waals surface area contributed by atoms with Crippen LogP contribution >= 0.6 is 0 Å². The van der Waals surface area contributed by atoms with Gasteiger partial charge in [0.15, 0.2) is 0 Å². The molecule has 0 unspecified atom stereocenters. The third-order valence-corrected chi connectivity index (χ3v) is 1.92. The summed E-state index contributed by atoms with van der Waals surface area (Å²) in [6.45, 7) is 2.37. The minimum atomic E-state index is -0.758. The molecule has 14 heavy (non-hydrogen) atoms. The maximum atomic E-state index is 11.1. The van der Waals surface area contributed by atoms with Crippen LogP contribution in [0, 0.1) is 0 Å². The fourth-order valence-electron chi connectivity index (χ4n) is 1.18. The molecule has 0 aliphatic heterocycles. The number of aromatic amines is 2. The smallest absolute Gasteiger partial charge is 0.259 e. The monoisotopic (exact) mass is 199 g/mol. The van der Waals surface area contributed by atoms with Crippen LogP contribution in [0.1, 0.15) is 26.2 Å². The SMILES string of the molecule is CCCCCn1c(=O)[nH]c(=O)[nH]c1=O. The Morgan fingerprint density at radius 2 is 1.64 bits per heavy atom. The Hall–Kier alpha value is -1.59. The van der Waals surface area contributed by atoms with Gasteiger partial charge in [-0.25, -0.2) is 19.0 Å². The van der Waals surface area contributed by atoms with Crippen molar-refractivity contribution in [3.8, 4) is 0 Å². The van der Waals surface area contributed by atoms with Crippen LogP contribution in [0.25, 0.3) is 0 Å². The lowest BCUT2D eigenvalue weighted by atomic mass is 10.2. The first-order valence-corrected chi connectivity index (χ1v) is 4.58. The van der Waals surface area contributed by atoms with E-state index in [-0.39, 0.29) is 0 Å². The van der Waals surface area contributed by atoms with Gasteiger partial charge < -0.3 is 0 Å². The van der Waals surface area contributed by atoms with Gasteiger partial charge in [-0.05, 0) is 6.42 Å². The molecule has 0 saturated carbocycles. The summed E-state index contributed by atoms with van der Waals surface area (Å²) < 4.78 is 0.997. The quantitative estimate of drug-likeness (QED) is 0.635. The van der Waals surface area contributed by atoms with Crippen LogP contribution in [-0.4, -0.2) is 14.5 Å². The van der Waals surface area contributed by atoms with Crippen LogP contribution in [0.2, 0.25) is 0 Å². The van der Waals surface area contributed by atoms with Crippen molar-refractivity contribution in [2.45, 2.75) is 32.7 Å². The van der Waals surface area contributed by atoms with Gasteiger partial charge in [-0.1, -0.05) is 19.8 Å². The third-order valence-electron chi connectivity index (χ3n) is 1.92. The summed E-state index contributed by atoms with van der Waals surface area (Å²) in [6, 6.07) is 0. The van der Waals surface area contributed by atoms with Crippen molar-refractivity contribution < 1.29 is 0 Å². The van der Waals surface area contributed by atoms with Crippen LogP contribution in [0.5, 0.6) is 0 Å². The zero-order valence-electron chi connectivity index (χ0n) is 8.00. The molecule has 0 aromatic carbocycles. The molecule has 0 fully saturated rings. The molecule has 1 aromatic rings. The van der Waals surface area contributed by atoms with Gasteiger partial charge in [-0.15, -0.1) is 0 Å². The second kappa shape index (κ2) is 4.59. The fourth-order valence-corrected chi connectivity index (χ4v) is 1.18. The van der Waals surface area contributed by atoms with Crippen LogP contribution in [0.15, 0.2) is 14.4 Å². The predicted octanol–water partition coefficient (Wildman–Crippen LogP) is -0.585. The van der Waals surface area contributed by atoms with Crippen molar-refractivity contribution in [3.63, 3.8) is 0 Å². The maximum absolute atomic E-state index is 11.1. The number of aromatic nitrogens is 3. The highest BCUT2D eigenvalue weighted by atomic mass is 16.2. The van der Waals surface area contributed by atoms with E-state index in [1.54, 1.807) is 0 Å². The molecule has 1 heterocycles. The van der Waals surface area contributed by atoms with Gasteiger partial charge in [0.1, 0.15) is 0 Å². The molecule has 0 aliphatic rings. The maximum Gasteiger partial charge on any atom is 0.333 e. The van der Waals surface area contributed by atoms with Crippen LogP contribution in [0.4, 0.5) is 0 Å². The standard InChI is InChI=1S/C8H13N3O3/c1-2-3-4-5-11-7(13)9-6(12)10-8(11)14/h2-5H2,1H3,(H2,9,10,12,13,14). The lowest BCUT2D eigenvalue weighted by molar-refractivity contribution is 0.544. The average Bonchev–Trinajstić information content (AvgIpc) is 2.09. The zero-order chi connectivity index (χ0) is 10.6. The Morgan fingerprint density at radius 1 is 1.07 bits per heavy atom. The lowest BCUT2D eigenvalue weighted by Gasteiger charge is -2.01. The minimum absolute atomic E-state index is 0.346. The normalized spacial score (nSPS) is 10.4. The van der Waals surface area contributed by atoms with Gasteiger partial charge in [0.05, 0.1) is 0 Å². The topological polar surface area (TPSA) is 87.7 Å². The molecule has 1 aromatic heterocycles. The van der Waals surface area contributed by atoms with E-state index in [0.717, 1.165) is 23.8 Å². The summed E-state index contributed by atoms with van der Waals surface area (Å²) in [5, 5.41) is 0. The second-order valence-electron chi connectivity index (χ2n) is 3.05. The molecular weight excluding hydrogens is 186 g/mol. The van der Waals surface area contributed by atoms with E-state index in [1.807, 2.05) is 16.9 Å². The van der Waals surface area contributed by atoms with E-state index >= 15 is 0 Å². The van der Waals surface area contributed by atoms with Crippen molar-refractivity contribution in [2.75, 3.05) is 0 Å². The Labute approximate surface area is 79.6 Å². The van der Waals surface area contributed by atoms with Gasteiger partial charge >= 0.3 is 17.1 Å². The van der Waals surface area contributed by atoms with E-state index < -0.39 is 17.1 Å². The summed E-state index contributed by atoms with van der Waals surface area (Å²) in [6.07, 6.45) is 2.71. The molecule has 2 N–H and O–H groups in total. The fraction of sp³-hybridized carbons (Fsp3) is 0.625. The van der Waals surface area contributed by atoms with Gasteiger partial charge in [0, 0.05) is 6.54 Å². The van der Waals surface area contributed by atoms with Crippen LogP contribution < -0.4 is 17.1 Å². The molecule has 0 saturated heterocycles. The van der Waals surface area contributed by atoms with E-state index in [0.29, 0.717) is 6.54 Å². The van der Waals surface area contributed by atoms with Crippen molar-refractivity contribution in [1.82, 2.24) is 14.5 Å². The number of nitrogens with zero attached hydrogens (tertiary/aromatic N) is 1. The molecule has 0 spiro atoms. The van der Waals surface area contributed by atoms with Gasteiger partial charge in [0.2, 0.25) is 0 Å². The van der Waals surface area contributed by atoms with E-state index in [2.05, 4.69) is 0 Å². The van der Waals surface area contributed by atoms with Crippen molar-refractivity contribution in [1.29, 1.82) is 0 Å². The van der Waals surface area contributed by atoms with Gasteiger partial charge in [-0.2, -0.15) is 0 Å². The van der Waals surface area contributed by atoms with Crippen LogP contribution in [-0.2, 0) is 6.54 Å². The van der Waals surface area contributed by atoms with Crippen molar-refractivity contribution in [2.24, 2.45) is 0 Å². The number of hydrogen-bond donors (Lipinski definition) is 2.